The Bertz CT molecular complexity index is 1080. The third kappa shape index (κ3) is 4.32. The van der Waals surface area contributed by atoms with Crippen LogP contribution in [0.5, 0.6) is 5.75 Å². The molecule has 0 saturated carbocycles. The van der Waals surface area contributed by atoms with Gasteiger partial charge < -0.3 is 20.1 Å². The molecular weight excluding hydrogens is 400 g/mol. The summed E-state index contributed by atoms with van der Waals surface area (Å²) in [6.45, 7) is 2.04. The summed E-state index contributed by atoms with van der Waals surface area (Å²) in [5.41, 5.74) is 3.38. The molecule has 0 saturated heterocycles. The van der Waals surface area contributed by atoms with Crippen molar-refractivity contribution >= 4 is 23.6 Å². The summed E-state index contributed by atoms with van der Waals surface area (Å²) >= 11 is 0. The Morgan fingerprint density at radius 2 is 1.97 bits per heavy atom. The summed E-state index contributed by atoms with van der Waals surface area (Å²) in [5, 5.41) is 13.0. The minimum absolute atomic E-state index is 0.0213. The quantitative estimate of drug-likeness (QED) is 0.495. The Morgan fingerprint density at radius 1 is 1.23 bits per heavy atom. The standard InChI is InChI=1S/C21H22N6O4/c1-3-31-17(29)11-24-21-22-9-13(10-23-21)15-8-16(28)25-20-18(15)19(26-27-20)12-4-6-14(30-2)7-5-12/h4-7,9-10,15H,3,8,11H2,1-2H3,(H,22,23,24)(H2,25,26,27,28). The number of aromatic nitrogens is 4. The van der Waals surface area contributed by atoms with Crippen LogP contribution in [0.4, 0.5) is 11.8 Å². The largest absolute Gasteiger partial charge is 0.497 e. The zero-order valence-electron chi connectivity index (χ0n) is 17.1. The number of H-pyrrole nitrogens is 1. The molecule has 1 atom stereocenters. The van der Waals surface area contributed by atoms with Gasteiger partial charge in [-0.05, 0) is 36.8 Å². The van der Waals surface area contributed by atoms with E-state index in [0.29, 0.717) is 18.4 Å². The van der Waals surface area contributed by atoms with Gasteiger partial charge in [0.25, 0.3) is 0 Å². The lowest BCUT2D eigenvalue weighted by Gasteiger charge is -2.23. The number of rotatable bonds is 7. The van der Waals surface area contributed by atoms with Gasteiger partial charge in [0.15, 0.2) is 5.82 Å². The minimum atomic E-state index is -0.383. The maximum atomic E-state index is 12.3. The second-order valence-corrected chi connectivity index (χ2v) is 6.89. The van der Waals surface area contributed by atoms with E-state index < -0.39 is 0 Å². The monoisotopic (exact) mass is 422 g/mol. The van der Waals surface area contributed by atoms with Gasteiger partial charge in [0, 0.05) is 35.9 Å². The number of ether oxygens (including phenoxy) is 2. The molecule has 2 aromatic heterocycles. The Balaban J connectivity index is 1.61. The van der Waals surface area contributed by atoms with E-state index in [2.05, 4.69) is 30.8 Å². The van der Waals surface area contributed by atoms with E-state index in [1.165, 1.54) is 0 Å². The first-order valence-corrected chi connectivity index (χ1v) is 9.83. The number of hydrogen-bond acceptors (Lipinski definition) is 8. The highest BCUT2D eigenvalue weighted by molar-refractivity contribution is 5.96. The lowest BCUT2D eigenvalue weighted by molar-refractivity contribution is -0.140. The number of carbonyl (C=O) groups excluding carboxylic acids is 2. The molecule has 160 valence electrons. The molecule has 1 aromatic carbocycles. The molecule has 1 unspecified atom stereocenters. The summed E-state index contributed by atoms with van der Waals surface area (Å²) in [6.07, 6.45) is 3.55. The SMILES string of the molecule is CCOC(=O)CNc1ncc(C2CC(=O)Nc3n[nH]c(-c4ccc(OC)cc4)c32)cn1. The number of nitrogens with one attached hydrogen (secondary N) is 3. The van der Waals surface area contributed by atoms with E-state index in [4.69, 9.17) is 9.47 Å². The van der Waals surface area contributed by atoms with Crippen molar-refractivity contribution in [2.75, 3.05) is 30.9 Å². The first kappa shape index (κ1) is 20.3. The van der Waals surface area contributed by atoms with Crippen LogP contribution in [0.2, 0.25) is 0 Å². The number of anilines is 2. The molecule has 3 N–H and O–H groups in total. The van der Waals surface area contributed by atoms with E-state index in [-0.39, 0.29) is 30.8 Å². The number of amides is 1. The highest BCUT2D eigenvalue weighted by atomic mass is 16.5. The summed E-state index contributed by atoms with van der Waals surface area (Å²) in [5.74, 6) is 0.775. The van der Waals surface area contributed by atoms with Gasteiger partial charge in [0.1, 0.15) is 12.3 Å². The maximum absolute atomic E-state index is 12.3. The molecule has 1 amide bonds. The summed E-state index contributed by atoms with van der Waals surface area (Å²) in [4.78, 5) is 32.3. The van der Waals surface area contributed by atoms with Crippen molar-refractivity contribution in [3.05, 3.63) is 47.8 Å². The molecule has 10 heteroatoms. The molecule has 31 heavy (non-hydrogen) atoms. The van der Waals surface area contributed by atoms with Crippen LogP contribution in [-0.2, 0) is 14.3 Å². The van der Waals surface area contributed by atoms with E-state index in [9.17, 15) is 9.59 Å². The van der Waals surface area contributed by atoms with Gasteiger partial charge in [-0.15, -0.1) is 0 Å². The number of methoxy groups -OCH3 is 1. The van der Waals surface area contributed by atoms with E-state index in [0.717, 1.165) is 28.1 Å². The minimum Gasteiger partial charge on any atom is -0.497 e. The molecule has 10 nitrogen and oxygen atoms in total. The van der Waals surface area contributed by atoms with Crippen molar-refractivity contribution < 1.29 is 19.1 Å². The van der Waals surface area contributed by atoms with Crippen LogP contribution < -0.4 is 15.4 Å². The molecule has 1 aliphatic heterocycles. The number of hydrogen-bond donors (Lipinski definition) is 3. The Morgan fingerprint density at radius 3 is 2.65 bits per heavy atom. The summed E-state index contributed by atoms with van der Waals surface area (Å²) < 4.78 is 10.1. The zero-order chi connectivity index (χ0) is 21.8. The van der Waals surface area contributed by atoms with E-state index in [1.807, 2.05) is 24.3 Å². The van der Waals surface area contributed by atoms with Crippen LogP contribution in [0.1, 0.15) is 30.4 Å². The summed E-state index contributed by atoms with van der Waals surface area (Å²) in [6, 6.07) is 7.59. The van der Waals surface area contributed by atoms with Crippen molar-refractivity contribution in [3.8, 4) is 17.0 Å². The second-order valence-electron chi connectivity index (χ2n) is 6.89. The van der Waals surface area contributed by atoms with Gasteiger partial charge in [-0.3, -0.25) is 14.7 Å². The third-order valence-electron chi connectivity index (χ3n) is 4.95. The summed E-state index contributed by atoms with van der Waals surface area (Å²) in [7, 11) is 1.61. The maximum Gasteiger partial charge on any atom is 0.325 e. The van der Waals surface area contributed by atoms with Gasteiger partial charge >= 0.3 is 5.97 Å². The zero-order valence-corrected chi connectivity index (χ0v) is 17.1. The molecule has 0 bridgehead atoms. The molecule has 0 fully saturated rings. The average molecular weight is 422 g/mol. The second kappa shape index (κ2) is 8.82. The number of esters is 1. The highest BCUT2D eigenvalue weighted by Crippen LogP contribution is 2.41. The van der Waals surface area contributed by atoms with Crippen LogP contribution in [0.15, 0.2) is 36.7 Å². The highest BCUT2D eigenvalue weighted by Gasteiger charge is 2.32. The third-order valence-corrected chi connectivity index (χ3v) is 4.95. The van der Waals surface area contributed by atoms with Crippen molar-refractivity contribution in [2.45, 2.75) is 19.3 Å². The molecular formula is C21H22N6O4. The number of carbonyl (C=O) groups is 2. The van der Waals surface area contributed by atoms with Crippen LogP contribution in [0.25, 0.3) is 11.3 Å². The normalized spacial score (nSPS) is 15.0. The van der Waals surface area contributed by atoms with Crippen molar-refractivity contribution in [2.24, 2.45) is 0 Å². The Kier molecular flexibility index (Phi) is 5.78. The van der Waals surface area contributed by atoms with Crippen molar-refractivity contribution in [1.82, 2.24) is 20.2 Å². The van der Waals surface area contributed by atoms with Crippen LogP contribution in [0.3, 0.4) is 0 Å². The fourth-order valence-electron chi connectivity index (χ4n) is 3.49. The van der Waals surface area contributed by atoms with Crippen molar-refractivity contribution in [3.63, 3.8) is 0 Å². The predicted molar refractivity (Wildman–Crippen MR) is 113 cm³/mol. The fraction of sp³-hybridized carbons (Fsp3) is 0.286. The Labute approximate surface area is 178 Å². The molecule has 0 aliphatic carbocycles. The Hall–Kier alpha value is -3.95. The molecule has 0 radical (unpaired) electrons. The first-order chi connectivity index (χ1) is 15.1. The molecule has 3 aromatic rings. The van der Waals surface area contributed by atoms with Gasteiger partial charge in [0.2, 0.25) is 11.9 Å². The van der Waals surface area contributed by atoms with Crippen LogP contribution >= 0.6 is 0 Å². The van der Waals surface area contributed by atoms with Crippen LogP contribution in [-0.4, -0.2) is 52.3 Å². The van der Waals surface area contributed by atoms with Crippen molar-refractivity contribution in [1.29, 1.82) is 0 Å². The van der Waals surface area contributed by atoms with Gasteiger partial charge in [0.05, 0.1) is 19.4 Å². The lowest BCUT2D eigenvalue weighted by Crippen LogP contribution is -2.23. The fourth-order valence-corrected chi connectivity index (χ4v) is 3.49. The molecule has 4 rings (SSSR count). The first-order valence-electron chi connectivity index (χ1n) is 9.83. The predicted octanol–water partition coefficient (Wildman–Crippen LogP) is 2.32. The lowest BCUT2D eigenvalue weighted by atomic mass is 9.86. The molecule has 0 spiro atoms. The number of benzene rings is 1. The van der Waals surface area contributed by atoms with E-state index >= 15 is 0 Å². The number of nitrogens with zero attached hydrogens (tertiary/aromatic N) is 3. The van der Waals surface area contributed by atoms with Gasteiger partial charge in [-0.25, -0.2) is 9.97 Å². The van der Waals surface area contributed by atoms with Gasteiger partial charge in [-0.2, -0.15) is 5.10 Å². The van der Waals surface area contributed by atoms with E-state index in [1.54, 1.807) is 26.4 Å². The molecule has 1 aliphatic rings. The smallest absolute Gasteiger partial charge is 0.325 e. The van der Waals surface area contributed by atoms with Crippen LogP contribution in [0, 0.1) is 0 Å². The number of aromatic amines is 1. The molecule has 3 heterocycles. The van der Waals surface area contributed by atoms with Gasteiger partial charge in [-0.1, -0.05) is 0 Å². The number of fused-ring (bicyclic) bond motifs is 1. The topological polar surface area (TPSA) is 131 Å². The average Bonchev–Trinajstić information content (AvgIpc) is 3.21.